The van der Waals surface area contributed by atoms with Crippen molar-refractivity contribution in [1.29, 1.82) is 0 Å². The van der Waals surface area contributed by atoms with Gasteiger partial charge in [0.15, 0.2) is 0 Å². The number of hydrogen-bond donors (Lipinski definition) is 1. The van der Waals surface area contributed by atoms with Crippen molar-refractivity contribution in [2.45, 2.75) is 31.8 Å². The van der Waals surface area contributed by atoms with Gasteiger partial charge in [-0.3, -0.25) is 9.88 Å². The molecule has 0 aromatic carbocycles. The molecule has 2 heterocycles. The first-order chi connectivity index (χ1) is 9.20. The van der Waals surface area contributed by atoms with Gasteiger partial charge in [-0.05, 0) is 45.1 Å². The largest absolute Gasteiger partial charge is 0.329 e. The summed E-state index contributed by atoms with van der Waals surface area (Å²) in [5.41, 5.74) is 7.38. The van der Waals surface area contributed by atoms with Gasteiger partial charge in [-0.15, -0.1) is 0 Å². The Kier molecular flexibility index (Phi) is 4.91. The van der Waals surface area contributed by atoms with Crippen LogP contribution in [0.15, 0.2) is 24.4 Å². The molecule has 2 N–H and O–H groups in total. The van der Waals surface area contributed by atoms with Crippen molar-refractivity contribution in [2.24, 2.45) is 5.73 Å². The van der Waals surface area contributed by atoms with Gasteiger partial charge in [-0.2, -0.15) is 0 Å². The van der Waals surface area contributed by atoms with Crippen molar-refractivity contribution >= 4 is 0 Å². The summed E-state index contributed by atoms with van der Waals surface area (Å²) in [6.45, 7) is 7.09. The molecule has 4 heteroatoms. The number of hydrogen-bond acceptors (Lipinski definition) is 4. The van der Waals surface area contributed by atoms with Gasteiger partial charge in [-0.25, -0.2) is 0 Å². The summed E-state index contributed by atoms with van der Waals surface area (Å²) in [5, 5.41) is 0. The van der Waals surface area contributed by atoms with Crippen molar-refractivity contribution < 1.29 is 0 Å². The van der Waals surface area contributed by atoms with Crippen molar-refractivity contribution in [2.75, 3.05) is 33.2 Å². The number of nitrogens with two attached hydrogens (primary N) is 1. The van der Waals surface area contributed by atoms with Crippen LogP contribution in [0.2, 0.25) is 0 Å². The Morgan fingerprint density at radius 1 is 1.47 bits per heavy atom. The fourth-order valence-corrected chi connectivity index (χ4v) is 3.19. The van der Waals surface area contributed by atoms with E-state index in [0.29, 0.717) is 0 Å². The van der Waals surface area contributed by atoms with Crippen LogP contribution in [0.5, 0.6) is 0 Å². The van der Waals surface area contributed by atoms with E-state index in [1.165, 1.54) is 19.4 Å². The molecule has 106 valence electrons. The van der Waals surface area contributed by atoms with Crippen LogP contribution < -0.4 is 5.73 Å². The van der Waals surface area contributed by atoms with Gasteiger partial charge in [0.05, 0.1) is 5.69 Å². The van der Waals surface area contributed by atoms with Gasteiger partial charge in [0.1, 0.15) is 0 Å². The molecule has 0 bridgehead atoms. The van der Waals surface area contributed by atoms with Gasteiger partial charge < -0.3 is 10.6 Å². The second kappa shape index (κ2) is 6.46. The lowest BCUT2D eigenvalue weighted by atomic mass is 9.87. The predicted octanol–water partition coefficient (Wildman–Crippen LogP) is 1.33. The van der Waals surface area contributed by atoms with E-state index in [0.717, 1.165) is 31.9 Å². The molecule has 1 atom stereocenters. The Hall–Kier alpha value is -0.970. The molecule has 0 amide bonds. The summed E-state index contributed by atoms with van der Waals surface area (Å²) >= 11 is 0. The van der Waals surface area contributed by atoms with E-state index in [1.807, 2.05) is 12.3 Å². The molecular formula is C15H26N4. The summed E-state index contributed by atoms with van der Waals surface area (Å²) in [6, 6.07) is 6.12. The van der Waals surface area contributed by atoms with Gasteiger partial charge >= 0.3 is 0 Å². The normalized spacial score (nSPS) is 24.8. The quantitative estimate of drug-likeness (QED) is 0.869. The van der Waals surface area contributed by atoms with Crippen molar-refractivity contribution in [3.63, 3.8) is 0 Å². The van der Waals surface area contributed by atoms with Crippen LogP contribution in [-0.4, -0.2) is 53.5 Å². The van der Waals surface area contributed by atoms with E-state index in [4.69, 9.17) is 5.73 Å². The zero-order chi connectivity index (χ0) is 13.7. The molecule has 1 aromatic rings. The Balaban J connectivity index is 2.14. The standard InChI is InChI=1S/C15H26N4/c1-3-19(11-14-7-4-5-9-17-14)15(12-16)8-6-10-18(2)13-15/h4-5,7,9H,3,6,8,10-13,16H2,1-2H3. The maximum absolute atomic E-state index is 6.14. The van der Waals surface area contributed by atoms with E-state index < -0.39 is 0 Å². The summed E-state index contributed by atoms with van der Waals surface area (Å²) in [5.74, 6) is 0. The highest BCUT2D eigenvalue weighted by molar-refractivity contribution is 5.06. The average molecular weight is 262 g/mol. The molecule has 0 radical (unpaired) electrons. The predicted molar refractivity (Wildman–Crippen MR) is 78.8 cm³/mol. The molecule has 0 saturated carbocycles. The van der Waals surface area contributed by atoms with Gasteiger partial charge in [0.2, 0.25) is 0 Å². The minimum Gasteiger partial charge on any atom is -0.329 e. The first-order valence-corrected chi connectivity index (χ1v) is 7.24. The summed E-state index contributed by atoms with van der Waals surface area (Å²) < 4.78 is 0. The van der Waals surface area contributed by atoms with Gasteiger partial charge in [0, 0.05) is 31.4 Å². The van der Waals surface area contributed by atoms with Crippen molar-refractivity contribution in [3.8, 4) is 0 Å². The lowest BCUT2D eigenvalue weighted by Crippen LogP contribution is -2.61. The van der Waals surface area contributed by atoms with Crippen molar-refractivity contribution in [3.05, 3.63) is 30.1 Å². The molecule has 0 aliphatic carbocycles. The smallest absolute Gasteiger partial charge is 0.0544 e. The molecule has 1 aliphatic heterocycles. The van der Waals surface area contributed by atoms with Crippen LogP contribution >= 0.6 is 0 Å². The third kappa shape index (κ3) is 3.32. The van der Waals surface area contributed by atoms with E-state index in [1.54, 1.807) is 0 Å². The van der Waals surface area contributed by atoms with Gasteiger partial charge in [-0.1, -0.05) is 13.0 Å². The highest BCUT2D eigenvalue weighted by Crippen LogP contribution is 2.27. The number of likely N-dealkylation sites (tertiary alicyclic amines) is 1. The SMILES string of the molecule is CCN(Cc1ccccn1)C1(CN)CCCN(C)C1. The number of pyridine rings is 1. The van der Waals surface area contributed by atoms with E-state index in [-0.39, 0.29) is 5.54 Å². The minimum absolute atomic E-state index is 0.110. The lowest BCUT2D eigenvalue weighted by molar-refractivity contribution is 0.0227. The number of nitrogens with zero attached hydrogens (tertiary/aromatic N) is 3. The third-order valence-corrected chi connectivity index (χ3v) is 4.26. The second-order valence-electron chi connectivity index (χ2n) is 5.61. The molecule has 1 fully saturated rings. The van der Waals surface area contributed by atoms with Crippen molar-refractivity contribution in [1.82, 2.24) is 14.8 Å². The Morgan fingerprint density at radius 3 is 2.89 bits per heavy atom. The first kappa shape index (κ1) is 14.4. The maximum Gasteiger partial charge on any atom is 0.0544 e. The van der Waals surface area contributed by atoms with Crippen LogP contribution in [0.3, 0.4) is 0 Å². The molecule has 0 spiro atoms. The third-order valence-electron chi connectivity index (χ3n) is 4.26. The number of rotatable bonds is 5. The summed E-state index contributed by atoms with van der Waals surface area (Å²) in [4.78, 5) is 9.35. The molecular weight excluding hydrogens is 236 g/mol. The molecule has 1 unspecified atom stereocenters. The minimum atomic E-state index is 0.110. The lowest BCUT2D eigenvalue weighted by Gasteiger charge is -2.48. The zero-order valence-electron chi connectivity index (χ0n) is 12.2. The van der Waals surface area contributed by atoms with Crippen LogP contribution in [0.4, 0.5) is 0 Å². The van der Waals surface area contributed by atoms with Crippen LogP contribution in [0.1, 0.15) is 25.5 Å². The Labute approximate surface area is 116 Å². The monoisotopic (exact) mass is 262 g/mol. The Bertz CT molecular complexity index is 381. The highest BCUT2D eigenvalue weighted by atomic mass is 15.3. The van der Waals surface area contributed by atoms with Gasteiger partial charge in [0.25, 0.3) is 0 Å². The molecule has 1 aromatic heterocycles. The second-order valence-corrected chi connectivity index (χ2v) is 5.61. The van der Waals surface area contributed by atoms with E-state index in [2.05, 4.69) is 40.9 Å². The number of aromatic nitrogens is 1. The fraction of sp³-hybridized carbons (Fsp3) is 0.667. The first-order valence-electron chi connectivity index (χ1n) is 7.24. The highest BCUT2D eigenvalue weighted by Gasteiger charge is 2.38. The fourth-order valence-electron chi connectivity index (χ4n) is 3.19. The topological polar surface area (TPSA) is 45.4 Å². The maximum atomic E-state index is 6.14. The van der Waals surface area contributed by atoms with E-state index >= 15 is 0 Å². The van der Waals surface area contributed by atoms with Crippen LogP contribution in [0.25, 0.3) is 0 Å². The molecule has 2 rings (SSSR count). The zero-order valence-corrected chi connectivity index (χ0v) is 12.2. The van der Waals surface area contributed by atoms with E-state index in [9.17, 15) is 0 Å². The number of piperidine rings is 1. The van der Waals surface area contributed by atoms with Crippen LogP contribution in [0, 0.1) is 0 Å². The molecule has 4 nitrogen and oxygen atoms in total. The van der Waals surface area contributed by atoms with Crippen LogP contribution in [-0.2, 0) is 6.54 Å². The number of likely N-dealkylation sites (N-methyl/N-ethyl adjacent to an activating group) is 2. The summed E-state index contributed by atoms with van der Waals surface area (Å²) in [7, 11) is 2.19. The molecule has 1 saturated heterocycles. The molecule has 1 aliphatic rings. The summed E-state index contributed by atoms with van der Waals surface area (Å²) in [6.07, 6.45) is 4.28. The average Bonchev–Trinajstić information content (AvgIpc) is 2.45. The Morgan fingerprint density at radius 2 is 2.32 bits per heavy atom. The molecule has 19 heavy (non-hydrogen) atoms.